The number of allylic oxidation sites excluding steroid dienone is 2. The molecule has 0 spiro atoms. The zero-order valence-corrected chi connectivity index (χ0v) is 25.3. The summed E-state index contributed by atoms with van der Waals surface area (Å²) in [6.07, 6.45) is 20.5. The molecule has 4 N–H and O–H groups in total. The van der Waals surface area contributed by atoms with Gasteiger partial charge in [-0.1, -0.05) is 78.4 Å². The van der Waals surface area contributed by atoms with Crippen LogP contribution in [0.1, 0.15) is 131 Å². The van der Waals surface area contributed by atoms with E-state index in [0.29, 0.717) is 16.7 Å². The molecule has 218 valence electrons. The van der Waals surface area contributed by atoms with Gasteiger partial charge in [0.15, 0.2) is 11.7 Å². The van der Waals surface area contributed by atoms with Gasteiger partial charge in [0.25, 0.3) is 0 Å². The molecule has 0 aromatic carbocycles. The summed E-state index contributed by atoms with van der Waals surface area (Å²) in [6.45, 7) is 12.6. The van der Waals surface area contributed by atoms with Crippen molar-refractivity contribution >= 4 is 5.94 Å². The third kappa shape index (κ3) is 6.79. The van der Waals surface area contributed by atoms with Crippen molar-refractivity contribution < 1.29 is 15.0 Å². The zero-order chi connectivity index (χ0) is 27.9. The molecule has 0 heterocycles. The number of hydrogen-bond acceptors (Lipinski definition) is 4. The highest BCUT2D eigenvalue weighted by Gasteiger charge is 2.59. The van der Waals surface area contributed by atoms with Crippen LogP contribution in [0, 0.1) is 46.3 Å². The first kappa shape index (κ1) is 31.4. The van der Waals surface area contributed by atoms with E-state index in [0.717, 1.165) is 55.9 Å². The van der Waals surface area contributed by atoms with Gasteiger partial charge in [-0.3, -0.25) is 0 Å². The summed E-state index contributed by atoms with van der Waals surface area (Å²) in [6, 6.07) is 0. The summed E-state index contributed by atoms with van der Waals surface area (Å²) in [4.78, 5) is 10.7. The van der Waals surface area contributed by atoms with Gasteiger partial charge >= 0.3 is 0 Å². The van der Waals surface area contributed by atoms with Crippen LogP contribution in [0.3, 0.4) is 0 Å². The van der Waals surface area contributed by atoms with Crippen molar-refractivity contribution in [3.8, 4) is 0 Å². The average molecular weight is 530 g/mol. The summed E-state index contributed by atoms with van der Waals surface area (Å²) in [5.74, 6) is 5.47. The lowest BCUT2D eigenvalue weighted by Gasteiger charge is -2.58. The standard InChI is InChI=1S/C28H44O3.C6H15N/c1-18(6-5-7-19(2)26(31)17-29)23-10-11-24-22-9-8-20-16-21(30)12-14-27(20,3)25(22)13-15-28(23,24)4;1-2-3-4-5-6-7/h8,18-19,21-25,30-31H,5-7,9-16H2,1-4H3;2-7H2,1H3/t18?,19?,21-,22-,23+,24-,25-,27-,28+;/m0./s1. The molecule has 0 saturated heterocycles. The maximum absolute atomic E-state index is 10.7. The van der Waals surface area contributed by atoms with E-state index in [1.807, 2.05) is 6.92 Å². The molecule has 0 aromatic rings. The van der Waals surface area contributed by atoms with E-state index in [-0.39, 0.29) is 17.8 Å². The Kier molecular flexibility index (Phi) is 11.6. The Morgan fingerprint density at radius 2 is 1.82 bits per heavy atom. The van der Waals surface area contributed by atoms with E-state index in [4.69, 9.17) is 5.73 Å². The maximum atomic E-state index is 10.7. The lowest BCUT2D eigenvalue weighted by molar-refractivity contribution is -0.0573. The quantitative estimate of drug-likeness (QED) is 0.115. The SMILES string of the molecule is CC(CCCC(C)[C@H]1CC[C@H]2[C@@H]3CC=C4C[C@@H](O)CC[C@]4(C)[C@H]3CC[C@]12C)C(O)=C=O.CCCCCCN. The van der Waals surface area contributed by atoms with Gasteiger partial charge in [-0.15, -0.1) is 0 Å². The highest BCUT2D eigenvalue weighted by molar-refractivity contribution is 5.49. The molecule has 4 nitrogen and oxygen atoms in total. The normalized spacial score (nSPS) is 37.3. The molecular weight excluding hydrogens is 470 g/mol. The fraction of sp³-hybridized carbons (Fsp3) is 0.882. The number of aliphatic hydroxyl groups is 2. The minimum atomic E-state index is -0.118. The summed E-state index contributed by atoms with van der Waals surface area (Å²) in [5.41, 5.74) is 7.64. The van der Waals surface area contributed by atoms with Gasteiger partial charge in [0.2, 0.25) is 0 Å². The number of nitrogens with two attached hydrogens (primary N) is 1. The summed E-state index contributed by atoms with van der Waals surface area (Å²) in [5, 5.41) is 19.8. The topological polar surface area (TPSA) is 83.5 Å². The van der Waals surface area contributed by atoms with Crippen LogP contribution in [0.5, 0.6) is 0 Å². The Morgan fingerprint density at radius 3 is 2.50 bits per heavy atom. The van der Waals surface area contributed by atoms with E-state index >= 15 is 0 Å². The van der Waals surface area contributed by atoms with Gasteiger partial charge in [-0.05, 0) is 111 Å². The summed E-state index contributed by atoms with van der Waals surface area (Å²) >= 11 is 0. The lowest BCUT2D eigenvalue weighted by Crippen LogP contribution is -2.50. The number of fused-ring (bicyclic) bond motifs is 5. The van der Waals surface area contributed by atoms with Gasteiger partial charge < -0.3 is 15.9 Å². The van der Waals surface area contributed by atoms with Crippen molar-refractivity contribution in [2.75, 3.05) is 6.54 Å². The van der Waals surface area contributed by atoms with E-state index < -0.39 is 0 Å². The average Bonchev–Trinajstić information content (AvgIpc) is 3.26. The molecule has 0 aromatic heterocycles. The second-order valence-electron chi connectivity index (χ2n) is 14.0. The minimum Gasteiger partial charge on any atom is -0.502 e. The molecule has 4 aliphatic carbocycles. The first-order valence-corrected chi connectivity index (χ1v) is 16.1. The molecule has 3 fully saturated rings. The highest BCUT2D eigenvalue weighted by Crippen LogP contribution is 2.67. The van der Waals surface area contributed by atoms with E-state index in [9.17, 15) is 15.0 Å². The second-order valence-corrected chi connectivity index (χ2v) is 14.0. The predicted molar refractivity (Wildman–Crippen MR) is 158 cm³/mol. The Balaban J connectivity index is 0.000000505. The number of aliphatic hydroxyl groups excluding tert-OH is 2. The number of rotatable bonds is 10. The highest BCUT2D eigenvalue weighted by atomic mass is 16.3. The summed E-state index contributed by atoms with van der Waals surface area (Å²) in [7, 11) is 0. The number of hydrogen-bond donors (Lipinski definition) is 3. The lowest BCUT2D eigenvalue weighted by atomic mass is 9.47. The molecule has 4 heteroatoms. The molecule has 2 unspecified atom stereocenters. The fourth-order valence-electron chi connectivity index (χ4n) is 9.37. The smallest absolute Gasteiger partial charge is 0.179 e. The van der Waals surface area contributed by atoms with Crippen LogP contribution < -0.4 is 5.73 Å². The van der Waals surface area contributed by atoms with E-state index in [2.05, 4.69) is 33.8 Å². The summed E-state index contributed by atoms with van der Waals surface area (Å²) < 4.78 is 0. The fourth-order valence-corrected chi connectivity index (χ4v) is 9.37. The predicted octanol–water partition coefficient (Wildman–Crippen LogP) is 8.17. The van der Waals surface area contributed by atoms with Gasteiger partial charge in [0, 0.05) is 5.92 Å². The van der Waals surface area contributed by atoms with Crippen LogP contribution in [-0.2, 0) is 4.79 Å². The minimum absolute atomic E-state index is 0.0648. The molecule has 0 aliphatic heterocycles. The van der Waals surface area contributed by atoms with Crippen molar-refractivity contribution in [2.45, 2.75) is 137 Å². The molecule has 4 rings (SSSR count). The van der Waals surface area contributed by atoms with Gasteiger partial charge in [0.1, 0.15) is 0 Å². The Labute approximate surface area is 233 Å². The van der Waals surface area contributed by atoms with Crippen LogP contribution in [0.15, 0.2) is 17.4 Å². The molecule has 0 bridgehead atoms. The van der Waals surface area contributed by atoms with Crippen LogP contribution in [-0.4, -0.2) is 28.8 Å². The molecule has 38 heavy (non-hydrogen) atoms. The van der Waals surface area contributed by atoms with Gasteiger partial charge in [-0.2, -0.15) is 0 Å². The molecule has 4 aliphatic rings. The van der Waals surface area contributed by atoms with Crippen LogP contribution in [0.4, 0.5) is 0 Å². The van der Waals surface area contributed by atoms with E-state index in [1.54, 1.807) is 11.5 Å². The first-order chi connectivity index (χ1) is 18.1. The Bertz CT molecular complexity index is 828. The molecule has 9 atom stereocenters. The van der Waals surface area contributed by atoms with E-state index in [1.165, 1.54) is 70.6 Å². The second kappa shape index (κ2) is 14.0. The van der Waals surface area contributed by atoms with Crippen molar-refractivity contribution in [1.82, 2.24) is 0 Å². The maximum Gasteiger partial charge on any atom is 0.179 e. The Morgan fingerprint density at radius 1 is 1.05 bits per heavy atom. The third-order valence-electron chi connectivity index (χ3n) is 11.8. The number of unbranched alkanes of at least 4 members (excludes halogenated alkanes) is 3. The molecule has 0 amide bonds. The zero-order valence-electron chi connectivity index (χ0n) is 25.3. The third-order valence-corrected chi connectivity index (χ3v) is 11.8. The molecule has 3 saturated carbocycles. The molecular formula is C34H59NO3. The first-order valence-electron chi connectivity index (χ1n) is 16.1. The largest absolute Gasteiger partial charge is 0.502 e. The monoisotopic (exact) mass is 529 g/mol. The van der Waals surface area contributed by atoms with Crippen LogP contribution >= 0.6 is 0 Å². The van der Waals surface area contributed by atoms with Crippen molar-refractivity contribution in [2.24, 2.45) is 52.1 Å². The van der Waals surface area contributed by atoms with Gasteiger partial charge in [-0.25, -0.2) is 4.79 Å². The van der Waals surface area contributed by atoms with Crippen molar-refractivity contribution in [3.05, 3.63) is 17.4 Å². The van der Waals surface area contributed by atoms with Crippen LogP contribution in [0.2, 0.25) is 0 Å². The van der Waals surface area contributed by atoms with Crippen LogP contribution in [0.25, 0.3) is 0 Å². The van der Waals surface area contributed by atoms with Gasteiger partial charge in [0.05, 0.1) is 6.10 Å². The van der Waals surface area contributed by atoms with Crippen molar-refractivity contribution in [1.29, 1.82) is 0 Å². The number of carbonyl (C=O) groups excluding carboxylic acids is 1. The molecule has 0 radical (unpaired) electrons. The van der Waals surface area contributed by atoms with Crippen molar-refractivity contribution in [3.63, 3.8) is 0 Å². The Hall–Kier alpha value is -1.09.